The second-order valence-corrected chi connectivity index (χ2v) is 13.5. The standard InChI is InChI=1S/C33H42ClNO4/c1-6-8-29(36)32(5)16-14-24(32)19-35-20-33(15-7-9-22-17-25(34)11-12-26(22)33)21-38-28-13-10-23(18-27(28)35)30(37)39-31(2,3)4/h6,10-13,17-18,24,29,36H,1,7-9,14-16,19-21H2,2-5H3/t24-,29?,32-,33-/m0/s1. The van der Waals surface area contributed by atoms with Crippen LogP contribution in [0.3, 0.4) is 0 Å². The summed E-state index contributed by atoms with van der Waals surface area (Å²) in [6, 6.07) is 11.9. The Morgan fingerprint density at radius 3 is 2.77 bits per heavy atom. The van der Waals surface area contributed by atoms with E-state index < -0.39 is 11.7 Å². The van der Waals surface area contributed by atoms with Crippen molar-refractivity contribution in [3.63, 3.8) is 0 Å². The first kappa shape index (κ1) is 28.0. The van der Waals surface area contributed by atoms with Crippen LogP contribution in [-0.4, -0.2) is 42.5 Å². The van der Waals surface area contributed by atoms with Crippen LogP contribution in [0.4, 0.5) is 5.69 Å². The highest BCUT2D eigenvalue weighted by Gasteiger charge is 2.49. The smallest absolute Gasteiger partial charge is 0.338 e. The highest BCUT2D eigenvalue weighted by molar-refractivity contribution is 6.30. The third kappa shape index (κ3) is 5.45. The largest absolute Gasteiger partial charge is 0.490 e. The fourth-order valence-electron chi connectivity index (χ4n) is 6.81. The van der Waals surface area contributed by atoms with Gasteiger partial charge in [0.1, 0.15) is 11.4 Å². The molecule has 1 aliphatic heterocycles. The number of fused-ring (bicyclic) bond motifs is 3. The molecule has 39 heavy (non-hydrogen) atoms. The van der Waals surface area contributed by atoms with Gasteiger partial charge in [-0.05, 0) is 112 Å². The zero-order chi connectivity index (χ0) is 28.0. The number of anilines is 1. The molecule has 1 heterocycles. The summed E-state index contributed by atoms with van der Waals surface area (Å²) in [4.78, 5) is 15.5. The maximum atomic E-state index is 13.0. The Morgan fingerprint density at radius 1 is 1.28 bits per heavy atom. The van der Waals surface area contributed by atoms with E-state index in [1.807, 2.05) is 45.0 Å². The van der Waals surface area contributed by atoms with Crippen LogP contribution in [-0.2, 0) is 16.6 Å². The van der Waals surface area contributed by atoms with Crippen LogP contribution < -0.4 is 9.64 Å². The minimum Gasteiger partial charge on any atom is -0.490 e. The highest BCUT2D eigenvalue weighted by Crippen LogP contribution is 2.52. The van der Waals surface area contributed by atoms with Gasteiger partial charge >= 0.3 is 5.97 Å². The summed E-state index contributed by atoms with van der Waals surface area (Å²) in [7, 11) is 0. The Morgan fingerprint density at radius 2 is 2.08 bits per heavy atom. The van der Waals surface area contributed by atoms with Crippen LogP contribution in [0.25, 0.3) is 0 Å². The first-order valence-electron chi connectivity index (χ1n) is 14.3. The fraction of sp³-hybridized carbons (Fsp3) is 0.545. The zero-order valence-electron chi connectivity index (χ0n) is 23.8. The first-order chi connectivity index (χ1) is 18.4. The topological polar surface area (TPSA) is 59.0 Å². The van der Waals surface area contributed by atoms with Gasteiger partial charge in [-0.25, -0.2) is 4.79 Å². The Kier molecular flexibility index (Phi) is 7.54. The predicted molar refractivity (Wildman–Crippen MR) is 157 cm³/mol. The van der Waals surface area contributed by atoms with Crippen molar-refractivity contribution in [2.75, 3.05) is 24.6 Å². The molecule has 2 aliphatic carbocycles. The van der Waals surface area contributed by atoms with E-state index in [1.54, 1.807) is 6.07 Å². The van der Waals surface area contributed by atoms with Gasteiger partial charge in [-0.15, -0.1) is 6.58 Å². The molecule has 1 unspecified atom stereocenters. The minimum atomic E-state index is -0.577. The Hall–Kier alpha value is -2.50. The lowest BCUT2D eigenvalue weighted by Gasteiger charge is -2.52. The van der Waals surface area contributed by atoms with E-state index in [1.165, 1.54) is 11.1 Å². The molecular formula is C33H42ClNO4. The highest BCUT2D eigenvalue weighted by atomic mass is 35.5. The quantitative estimate of drug-likeness (QED) is 0.306. The number of aliphatic hydroxyl groups excluding tert-OH is 1. The molecule has 2 aromatic carbocycles. The summed E-state index contributed by atoms with van der Waals surface area (Å²) in [5, 5.41) is 11.8. The average Bonchev–Trinajstić information content (AvgIpc) is 3.02. The van der Waals surface area contributed by atoms with Gasteiger partial charge in [0.25, 0.3) is 0 Å². The van der Waals surface area contributed by atoms with Crippen molar-refractivity contribution in [1.82, 2.24) is 0 Å². The molecule has 5 rings (SSSR count). The number of rotatable bonds is 6. The number of benzene rings is 2. The zero-order valence-corrected chi connectivity index (χ0v) is 24.5. The molecule has 6 heteroatoms. The van der Waals surface area contributed by atoms with Gasteiger partial charge in [0.2, 0.25) is 0 Å². The van der Waals surface area contributed by atoms with Crippen LogP contribution >= 0.6 is 11.6 Å². The van der Waals surface area contributed by atoms with Crippen LogP contribution in [0, 0.1) is 11.3 Å². The molecule has 2 aromatic rings. The molecular weight excluding hydrogens is 510 g/mol. The van der Waals surface area contributed by atoms with E-state index in [-0.39, 0.29) is 16.8 Å². The number of carbonyl (C=O) groups is 1. The number of carbonyl (C=O) groups excluding carboxylic acids is 1. The molecule has 3 aliphatic rings. The van der Waals surface area contributed by atoms with Gasteiger partial charge in [0, 0.05) is 23.5 Å². The number of halogens is 1. The van der Waals surface area contributed by atoms with Crippen LogP contribution in [0.15, 0.2) is 49.1 Å². The molecule has 1 N–H and O–H groups in total. The number of ether oxygens (including phenoxy) is 2. The van der Waals surface area contributed by atoms with Crippen molar-refractivity contribution in [2.24, 2.45) is 11.3 Å². The van der Waals surface area contributed by atoms with Crippen molar-refractivity contribution >= 4 is 23.3 Å². The lowest BCUT2D eigenvalue weighted by Crippen LogP contribution is -2.53. The molecule has 1 fully saturated rings. The number of esters is 1. The average molecular weight is 552 g/mol. The van der Waals surface area contributed by atoms with E-state index in [0.29, 0.717) is 24.5 Å². The number of aryl methyl sites for hydroxylation is 1. The summed E-state index contributed by atoms with van der Waals surface area (Å²) in [5.41, 5.74) is 3.11. The van der Waals surface area contributed by atoms with Gasteiger partial charge in [0.15, 0.2) is 0 Å². The number of hydrogen-bond donors (Lipinski definition) is 1. The summed E-state index contributed by atoms with van der Waals surface area (Å²) in [6.45, 7) is 13.8. The molecule has 0 amide bonds. The fourth-order valence-corrected chi connectivity index (χ4v) is 7.01. The van der Waals surface area contributed by atoms with E-state index in [2.05, 4.69) is 30.5 Å². The second kappa shape index (κ2) is 10.5. The van der Waals surface area contributed by atoms with Crippen LogP contribution in [0.5, 0.6) is 5.75 Å². The lowest BCUT2D eigenvalue weighted by molar-refractivity contribution is -0.0695. The maximum Gasteiger partial charge on any atom is 0.338 e. The first-order valence-corrected chi connectivity index (χ1v) is 14.6. The summed E-state index contributed by atoms with van der Waals surface area (Å²) in [5.74, 6) is 0.763. The van der Waals surface area contributed by atoms with Crippen molar-refractivity contribution in [3.8, 4) is 5.75 Å². The molecule has 5 nitrogen and oxygen atoms in total. The number of hydrogen-bond acceptors (Lipinski definition) is 5. The van der Waals surface area contributed by atoms with Gasteiger partial charge in [-0.3, -0.25) is 0 Å². The third-order valence-corrected chi connectivity index (χ3v) is 9.46. The van der Waals surface area contributed by atoms with E-state index in [0.717, 1.165) is 61.7 Å². The van der Waals surface area contributed by atoms with Crippen LogP contribution in [0.2, 0.25) is 5.02 Å². The molecule has 210 valence electrons. The summed E-state index contributed by atoms with van der Waals surface area (Å²) < 4.78 is 12.3. The number of nitrogens with zero attached hydrogens (tertiary/aromatic N) is 1. The molecule has 0 aromatic heterocycles. The van der Waals surface area contributed by atoms with Crippen LogP contribution in [0.1, 0.15) is 81.3 Å². The SMILES string of the molecule is C=CCC(O)[C@@]1(C)CC[C@H]1CN1C[C@@]2(CCCc3cc(Cl)ccc32)COc2ccc(C(=O)OC(C)(C)C)cc21. The second-order valence-electron chi connectivity index (χ2n) is 13.1. The van der Waals surface area contributed by atoms with Crippen molar-refractivity contribution in [3.05, 3.63) is 70.8 Å². The van der Waals surface area contributed by atoms with Gasteiger partial charge in [0.05, 0.1) is 24.0 Å². The minimum absolute atomic E-state index is 0.171. The summed E-state index contributed by atoms with van der Waals surface area (Å²) in [6.07, 6.45) is 7.14. The lowest BCUT2D eigenvalue weighted by atomic mass is 9.57. The van der Waals surface area contributed by atoms with Gasteiger partial charge in [-0.2, -0.15) is 0 Å². The Labute approximate surface area is 238 Å². The Balaban J connectivity index is 1.54. The Bertz CT molecular complexity index is 1250. The molecule has 0 bridgehead atoms. The van der Waals surface area contributed by atoms with Gasteiger partial charge in [-0.1, -0.05) is 30.7 Å². The maximum absolute atomic E-state index is 13.0. The monoisotopic (exact) mass is 551 g/mol. The molecule has 1 saturated carbocycles. The molecule has 4 atom stereocenters. The third-order valence-electron chi connectivity index (χ3n) is 9.23. The molecule has 0 saturated heterocycles. The number of aliphatic hydroxyl groups is 1. The van der Waals surface area contributed by atoms with Crippen molar-refractivity contribution < 1.29 is 19.4 Å². The van der Waals surface area contributed by atoms with E-state index in [4.69, 9.17) is 21.1 Å². The van der Waals surface area contributed by atoms with Crippen molar-refractivity contribution in [1.29, 1.82) is 0 Å². The summed E-state index contributed by atoms with van der Waals surface area (Å²) >= 11 is 6.40. The predicted octanol–water partition coefficient (Wildman–Crippen LogP) is 7.12. The molecule has 0 radical (unpaired) electrons. The molecule has 1 spiro atoms. The normalized spacial score (nSPS) is 26.9. The van der Waals surface area contributed by atoms with Crippen molar-refractivity contribution in [2.45, 2.75) is 83.3 Å². The van der Waals surface area contributed by atoms with E-state index >= 15 is 0 Å². The van der Waals surface area contributed by atoms with Gasteiger partial charge < -0.3 is 19.5 Å². The van der Waals surface area contributed by atoms with E-state index in [9.17, 15) is 9.90 Å².